The van der Waals surface area contributed by atoms with E-state index < -0.39 is 6.36 Å². The van der Waals surface area contributed by atoms with Gasteiger partial charge in [0.05, 0.1) is 0 Å². The van der Waals surface area contributed by atoms with Crippen molar-refractivity contribution in [3.05, 3.63) is 29.8 Å². The second-order valence-electron chi connectivity index (χ2n) is 6.83. The van der Waals surface area contributed by atoms with Gasteiger partial charge in [0, 0.05) is 12.3 Å². The standard InChI is InChI=1S/C18H25F3O2/c1-5-16(22)15(17(2,3)4)11-7-9-13-8-6-10-14(12-13)23-18(19,20)21/h6,8,10,12,15H,5,7,9,11H2,1-4H3. The van der Waals surface area contributed by atoms with Crippen molar-refractivity contribution in [3.8, 4) is 5.75 Å². The predicted molar refractivity (Wildman–Crippen MR) is 84.3 cm³/mol. The lowest BCUT2D eigenvalue weighted by molar-refractivity contribution is -0.274. The van der Waals surface area contributed by atoms with Crippen LogP contribution in [0.5, 0.6) is 5.75 Å². The van der Waals surface area contributed by atoms with Crippen molar-refractivity contribution in [3.63, 3.8) is 0 Å². The van der Waals surface area contributed by atoms with E-state index in [0.717, 1.165) is 18.4 Å². The van der Waals surface area contributed by atoms with Gasteiger partial charge in [-0.05, 0) is 42.4 Å². The molecule has 0 spiro atoms. The molecule has 0 amide bonds. The Morgan fingerprint density at radius 1 is 1.22 bits per heavy atom. The maximum atomic E-state index is 12.2. The van der Waals surface area contributed by atoms with E-state index in [1.807, 2.05) is 27.7 Å². The van der Waals surface area contributed by atoms with Crippen molar-refractivity contribution in [1.82, 2.24) is 0 Å². The van der Waals surface area contributed by atoms with Crippen LogP contribution in [-0.2, 0) is 11.2 Å². The van der Waals surface area contributed by atoms with Gasteiger partial charge in [-0.1, -0.05) is 39.8 Å². The lowest BCUT2D eigenvalue weighted by Gasteiger charge is -2.29. The van der Waals surface area contributed by atoms with Gasteiger partial charge in [0.15, 0.2) is 0 Å². The van der Waals surface area contributed by atoms with Crippen molar-refractivity contribution in [1.29, 1.82) is 0 Å². The van der Waals surface area contributed by atoms with Crippen molar-refractivity contribution in [2.75, 3.05) is 0 Å². The van der Waals surface area contributed by atoms with E-state index in [1.54, 1.807) is 12.1 Å². The van der Waals surface area contributed by atoms with E-state index in [2.05, 4.69) is 4.74 Å². The van der Waals surface area contributed by atoms with Gasteiger partial charge in [0.25, 0.3) is 0 Å². The molecule has 0 saturated heterocycles. The maximum absolute atomic E-state index is 12.2. The second kappa shape index (κ2) is 7.84. The summed E-state index contributed by atoms with van der Waals surface area (Å²) >= 11 is 0. The summed E-state index contributed by atoms with van der Waals surface area (Å²) in [5, 5.41) is 0. The number of alkyl halides is 3. The molecule has 0 aliphatic carbocycles. The van der Waals surface area contributed by atoms with Crippen LogP contribution < -0.4 is 4.74 Å². The number of carbonyl (C=O) groups is 1. The van der Waals surface area contributed by atoms with Crippen LogP contribution in [0, 0.1) is 11.3 Å². The molecule has 23 heavy (non-hydrogen) atoms. The van der Waals surface area contributed by atoms with Crippen LogP contribution in [0.1, 0.15) is 52.5 Å². The van der Waals surface area contributed by atoms with E-state index >= 15 is 0 Å². The molecule has 1 aromatic rings. The van der Waals surface area contributed by atoms with E-state index in [9.17, 15) is 18.0 Å². The lowest BCUT2D eigenvalue weighted by atomic mass is 9.74. The van der Waals surface area contributed by atoms with E-state index in [-0.39, 0.29) is 22.9 Å². The van der Waals surface area contributed by atoms with Gasteiger partial charge in [-0.15, -0.1) is 13.2 Å². The number of hydrogen-bond donors (Lipinski definition) is 0. The van der Waals surface area contributed by atoms with Crippen LogP contribution in [0.3, 0.4) is 0 Å². The van der Waals surface area contributed by atoms with Crippen molar-refractivity contribution >= 4 is 5.78 Å². The minimum atomic E-state index is -4.68. The van der Waals surface area contributed by atoms with Crippen molar-refractivity contribution in [2.24, 2.45) is 11.3 Å². The molecule has 0 bridgehead atoms. The number of carbonyl (C=O) groups excluding carboxylic acids is 1. The Morgan fingerprint density at radius 2 is 1.87 bits per heavy atom. The summed E-state index contributed by atoms with van der Waals surface area (Å²) in [6.45, 7) is 7.99. The maximum Gasteiger partial charge on any atom is 0.573 e. The van der Waals surface area contributed by atoms with Crippen molar-refractivity contribution < 1.29 is 22.7 Å². The van der Waals surface area contributed by atoms with Gasteiger partial charge in [0.2, 0.25) is 0 Å². The Hall–Kier alpha value is -1.52. The number of ketones is 1. The Kier molecular flexibility index (Phi) is 6.66. The first-order valence-corrected chi connectivity index (χ1v) is 7.90. The number of halogens is 3. The molecule has 0 heterocycles. The summed E-state index contributed by atoms with van der Waals surface area (Å²) in [6, 6.07) is 6.02. The highest BCUT2D eigenvalue weighted by molar-refractivity contribution is 5.81. The average molecular weight is 330 g/mol. The molecule has 0 fully saturated rings. The zero-order chi connectivity index (χ0) is 17.7. The van der Waals surface area contributed by atoms with Gasteiger partial charge < -0.3 is 4.74 Å². The highest BCUT2D eigenvalue weighted by atomic mass is 19.4. The SMILES string of the molecule is CCC(=O)C(CCCc1cccc(OC(F)(F)F)c1)C(C)(C)C. The molecule has 2 nitrogen and oxygen atoms in total. The summed E-state index contributed by atoms with van der Waals surface area (Å²) in [7, 11) is 0. The molecule has 1 rings (SSSR count). The van der Waals surface area contributed by atoms with Crippen LogP contribution in [0.25, 0.3) is 0 Å². The molecular formula is C18H25F3O2. The van der Waals surface area contributed by atoms with Gasteiger partial charge in [-0.3, -0.25) is 4.79 Å². The van der Waals surface area contributed by atoms with Gasteiger partial charge >= 0.3 is 6.36 Å². The first-order chi connectivity index (χ1) is 10.5. The van der Waals surface area contributed by atoms with Gasteiger partial charge in [0.1, 0.15) is 11.5 Å². The summed E-state index contributed by atoms with van der Waals surface area (Å²) in [5.74, 6) is 0.0146. The first-order valence-electron chi connectivity index (χ1n) is 7.90. The van der Waals surface area contributed by atoms with E-state index in [1.165, 1.54) is 12.1 Å². The molecule has 1 unspecified atom stereocenters. The fraction of sp³-hybridized carbons (Fsp3) is 0.611. The third-order valence-electron chi connectivity index (χ3n) is 3.87. The van der Waals surface area contributed by atoms with E-state index in [0.29, 0.717) is 12.8 Å². The van der Waals surface area contributed by atoms with Crippen LogP contribution in [-0.4, -0.2) is 12.1 Å². The minimum absolute atomic E-state index is 0.0258. The van der Waals surface area contributed by atoms with Gasteiger partial charge in [-0.25, -0.2) is 0 Å². The number of Topliss-reactive ketones (excluding diaryl/α,β-unsaturated/α-hetero) is 1. The summed E-state index contributed by atoms with van der Waals surface area (Å²) < 4.78 is 40.6. The highest BCUT2D eigenvalue weighted by Gasteiger charge is 2.31. The molecule has 1 atom stereocenters. The highest BCUT2D eigenvalue weighted by Crippen LogP contribution is 2.32. The van der Waals surface area contributed by atoms with Gasteiger partial charge in [-0.2, -0.15) is 0 Å². The van der Waals surface area contributed by atoms with Crippen LogP contribution >= 0.6 is 0 Å². The summed E-state index contributed by atoms with van der Waals surface area (Å²) in [6.07, 6.45) is -2.05. The Balaban J connectivity index is 2.64. The fourth-order valence-electron chi connectivity index (χ4n) is 2.73. The molecule has 5 heteroatoms. The quantitative estimate of drug-likeness (QED) is 0.655. The molecule has 0 radical (unpaired) electrons. The molecule has 0 saturated carbocycles. The smallest absolute Gasteiger partial charge is 0.406 e. The molecule has 0 aliphatic heterocycles. The molecular weight excluding hydrogens is 305 g/mol. The monoisotopic (exact) mass is 330 g/mol. The Bertz CT molecular complexity index is 516. The fourth-order valence-corrected chi connectivity index (χ4v) is 2.73. The van der Waals surface area contributed by atoms with Crippen LogP contribution in [0.2, 0.25) is 0 Å². The largest absolute Gasteiger partial charge is 0.573 e. The number of benzene rings is 1. The molecule has 1 aromatic carbocycles. The first kappa shape index (κ1) is 19.5. The lowest BCUT2D eigenvalue weighted by Crippen LogP contribution is -2.28. The number of hydrogen-bond acceptors (Lipinski definition) is 2. The Labute approximate surface area is 136 Å². The summed E-state index contributed by atoms with van der Waals surface area (Å²) in [4.78, 5) is 12.1. The number of rotatable bonds is 7. The molecule has 0 N–H and O–H groups in total. The van der Waals surface area contributed by atoms with E-state index in [4.69, 9.17) is 0 Å². The third kappa shape index (κ3) is 7.06. The number of ether oxygens (including phenoxy) is 1. The average Bonchev–Trinajstić information content (AvgIpc) is 2.40. The minimum Gasteiger partial charge on any atom is -0.406 e. The van der Waals surface area contributed by atoms with Crippen LogP contribution in [0.4, 0.5) is 13.2 Å². The third-order valence-corrected chi connectivity index (χ3v) is 3.87. The molecule has 130 valence electrons. The molecule has 0 aliphatic rings. The zero-order valence-corrected chi connectivity index (χ0v) is 14.2. The second-order valence-corrected chi connectivity index (χ2v) is 6.83. The normalized spacial score (nSPS) is 13.7. The van der Waals surface area contributed by atoms with Crippen LogP contribution in [0.15, 0.2) is 24.3 Å². The Morgan fingerprint density at radius 3 is 2.39 bits per heavy atom. The summed E-state index contributed by atoms with van der Waals surface area (Å²) in [5.41, 5.74) is 0.678. The topological polar surface area (TPSA) is 26.3 Å². The predicted octanol–water partition coefficient (Wildman–Crippen LogP) is 5.55. The zero-order valence-electron chi connectivity index (χ0n) is 14.2. The molecule has 0 aromatic heterocycles. The van der Waals surface area contributed by atoms with Crippen molar-refractivity contribution in [2.45, 2.75) is 59.7 Å². The number of aryl methyl sites for hydroxylation is 1.